The zero-order valence-corrected chi connectivity index (χ0v) is 17.7. The van der Waals surface area contributed by atoms with Gasteiger partial charge in [0.1, 0.15) is 0 Å². The lowest BCUT2D eigenvalue weighted by atomic mass is 9.63. The molecule has 0 spiro atoms. The van der Waals surface area contributed by atoms with Crippen molar-refractivity contribution in [1.82, 2.24) is 5.32 Å². The van der Waals surface area contributed by atoms with Gasteiger partial charge in [-0.2, -0.15) is 0 Å². The molecule has 3 N–H and O–H groups in total. The number of fused-ring (bicyclic) bond motifs is 1. The second kappa shape index (κ2) is 7.59. The molecular weight excluding hydrogens is 382 g/mol. The summed E-state index contributed by atoms with van der Waals surface area (Å²) in [7, 11) is 0. The van der Waals surface area contributed by atoms with E-state index < -0.39 is 23.9 Å². The van der Waals surface area contributed by atoms with Crippen molar-refractivity contribution in [3.63, 3.8) is 0 Å². The number of amides is 1. The molecule has 0 heterocycles. The fourth-order valence-corrected chi connectivity index (χ4v) is 4.05. The number of carboxylic acids is 2. The van der Waals surface area contributed by atoms with E-state index in [-0.39, 0.29) is 22.0 Å². The van der Waals surface area contributed by atoms with E-state index in [2.05, 4.69) is 33.0 Å². The Hall–Kier alpha value is -3.15. The van der Waals surface area contributed by atoms with E-state index in [4.69, 9.17) is 5.11 Å². The third-order valence-electron chi connectivity index (χ3n) is 6.13. The van der Waals surface area contributed by atoms with Gasteiger partial charge in [-0.3, -0.25) is 4.79 Å². The standard InChI is InChI=1S/C24H27NO5/c1-23(2)11-12-24(3,4)18-13-16(9-10-17(18)23)19(22(29)30)25-20(26)14-5-7-15(8-6-14)21(27)28/h5-10,13,19H,11-12H2,1-4H3,(H,25,26)(H,27,28)(H,29,30). The zero-order valence-electron chi connectivity index (χ0n) is 17.7. The van der Waals surface area contributed by atoms with Crippen molar-refractivity contribution < 1.29 is 24.6 Å². The van der Waals surface area contributed by atoms with Crippen molar-refractivity contribution in [3.05, 3.63) is 70.3 Å². The molecule has 0 saturated heterocycles. The summed E-state index contributed by atoms with van der Waals surface area (Å²) in [6.45, 7) is 8.70. The summed E-state index contributed by atoms with van der Waals surface area (Å²) in [5.41, 5.74) is 3.02. The molecule has 6 heteroatoms. The number of aromatic carboxylic acids is 1. The largest absolute Gasteiger partial charge is 0.479 e. The molecule has 1 atom stereocenters. The Balaban J connectivity index is 1.93. The minimum absolute atomic E-state index is 0.0111. The average Bonchev–Trinajstić information content (AvgIpc) is 2.69. The second-order valence-electron chi connectivity index (χ2n) is 9.20. The number of nitrogens with one attached hydrogen (secondary N) is 1. The fourth-order valence-electron chi connectivity index (χ4n) is 4.05. The normalized spacial score (nSPS) is 17.5. The summed E-state index contributed by atoms with van der Waals surface area (Å²) in [6.07, 6.45) is 2.05. The van der Waals surface area contributed by atoms with Crippen LogP contribution in [0.3, 0.4) is 0 Å². The summed E-state index contributed by atoms with van der Waals surface area (Å²) >= 11 is 0. The highest BCUT2D eigenvalue weighted by atomic mass is 16.4. The van der Waals surface area contributed by atoms with Gasteiger partial charge in [0.05, 0.1) is 5.56 Å². The fraction of sp³-hybridized carbons (Fsp3) is 0.375. The molecule has 0 aromatic heterocycles. The topological polar surface area (TPSA) is 104 Å². The van der Waals surface area contributed by atoms with E-state index in [0.717, 1.165) is 18.4 Å². The van der Waals surface area contributed by atoms with Crippen LogP contribution in [0.25, 0.3) is 0 Å². The van der Waals surface area contributed by atoms with Crippen LogP contribution in [-0.2, 0) is 15.6 Å². The SMILES string of the molecule is CC1(C)CCC(C)(C)c2cc(C(NC(=O)c3ccc(C(=O)O)cc3)C(=O)O)ccc21. The number of hydrogen-bond donors (Lipinski definition) is 3. The lowest BCUT2D eigenvalue weighted by Gasteiger charge is -2.42. The van der Waals surface area contributed by atoms with Crippen molar-refractivity contribution in [2.45, 2.75) is 57.4 Å². The van der Waals surface area contributed by atoms with Crippen molar-refractivity contribution in [2.75, 3.05) is 0 Å². The van der Waals surface area contributed by atoms with Crippen LogP contribution in [0.4, 0.5) is 0 Å². The Bertz CT molecular complexity index is 1000. The van der Waals surface area contributed by atoms with Gasteiger partial charge >= 0.3 is 11.9 Å². The van der Waals surface area contributed by atoms with Crippen LogP contribution in [0.2, 0.25) is 0 Å². The van der Waals surface area contributed by atoms with Gasteiger partial charge in [0.25, 0.3) is 5.91 Å². The molecular formula is C24H27NO5. The first-order valence-corrected chi connectivity index (χ1v) is 9.94. The Morgan fingerprint density at radius 1 is 0.833 bits per heavy atom. The van der Waals surface area contributed by atoms with E-state index in [9.17, 15) is 19.5 Å². The molecule has 3 rings (SSSR count). The highest BCUT2D eigenvalue weighted by Gasteiger charge is 2.37. The first-order valence-electron chi connectivity index (χ1n) is 9.94. The average molecular weight is 409 g/mol. The molecule has 0 aliphatic heterocycles. The highest BCUT2D eigenvalue weighted by Crippen LogP contribution is 2.46. The Morgan fingerprint density at radius 3 is 1.90 bits per heavy atom. The number of carbonyl (C=O) groups excluding carboxylic acids is 1. The Labute approximate surface area is 175 Å². The van der Waals surface area contributed by atoms with Crippen LogP contribution in [0.5, 0.6) is 0 Å². The number of aliphatic carboxylic acids is 1. The van der Waals surface area contributed by atoms with Crippen LogP contribution in [-0.4, -0.2) is 28.1 Å². The second-order valence-corrected chi connectivity index (χ2v) is 9.20. The van der Waals surface area contributed by atoms with E-state index in [1.54, 1.807) is 6.07 Å². The van der Waals surface area contributed by atoms with E-state index in [1.807, 2.05) is 12.1 Å². The van der Waals surface area contributed by atoms with Gasteiger partial charge in [0, 0.05) is 5.56 Å². The minimum atomic E-state index is -1.21. The van der Waals surface area contributed by atoms with Crippen LogP contribution in [0.1, 0.15) is 84.0 Å². The molecule has 1 aliphatic rings. The summed E-state index contributed by atoms with van der Waals surface area (Å²) in [5, 5.41) is 21.3. The monoisotopic (exact) mass is 409 g/mol. The van der Waals surface area contributed by atoms with Crippen molar-refractivity contribution in [2.24, 2.45) is 0 Å². The van der Waals surface area contributed by atoms with Crippen LogP contribution < -0.4 is 5.32 Å². The maximum absolute atomic E-state index is 12.6. The van der Waals surface area contributed by atoms with Gasteiger partial charge < -0.3 is 15.5 Å². The first kappa shape index (κ1) is 21.6. The molecule has 0 fully saturated rings. The van der Waals surface area contributed by atoms with Gasteiger partial charge in [-0.25, -0.2) is 9.59 Å². The molecule has 1 amide bonds. The lowest BCUT2D eigenvalue weighted by molar-refractivity contribution is -0.139. The van der Waals surface area contributed by atoms with Gasteiger partial charge in [-0.15, -0.1) is 0 Å². The minimum Gasteiger partial charge on any atom is -0.479 e. The van der Waals surface area contributed by atoms with Crippen LogP contribution in [0, 0.1) is 0 Å². The number of carboxylic acid groups (broad SMARTS) is 2. The molecule has 1 unspecified atom stereocenters. The predicted octanol–water partition coefficient (Wildman–Crippen LogP) is 4.29. The summed E-state index contributed by atoms with van der Waals surface area (Å²) < 4.78 is 0. The summed E-state index contributed by atoms with van der Waals surface area (Å²) in [4.78, 5) is 35.6. The van der Waals surface area contributed by atoms with Crippen molar-refractivity contribution >= 4 is 17.8 Å². The van der Waals surface area contributed by atoms with Gasteiger partial charge in [-0.1, -0.05) is 45.9 Å². The maximum atomic E-state index is 12.6. The van der Waals surface area contributed by atoms with E-state index in [0.29, 0.717) is 5.56 Å². The number of rotatable bonds is 5. The molecule has 2 aromatic rings. The molecule has 158 valence electrons. The third-order valence-corrected chi connectivity index (χ3v) is 6.13. The molecule has 0 saturated carbocycles. The Morgan fingerprint density at radius 2 is 1.37 bits per heavy atom. The van der Waals surface area contributed by atoms with Crippen molar-refractivity contribution in [3.8, 4) is 0 Å². The van der Waals surface area contributed by atoms with E-state index >= 15 is 0 Å². The molecule has 30 heavy (non-hydrogen) atoms. The molecule has 1 aliphatic carbocycles. The maximum Gasteiger partial charge on any atom is 0.335 e. The van der Waals surface area contributed by atoms with Gasteiger partial charge in [-0.05, 0) is 64.6 Å². The lowest BCUT2D eigenvalue weighted by Crippen LogP contribution is -2.36. The summed E-state index contributed by atoms with van der Waals surface area (Å²) in [6, 6.07) is 9.83. The quantitative estimate of drug-likeness (QED) is 0.683. The highest BCUT2D eigenvalue weighted by molar-refractivity contribution is 5.98. The van der Waals surface area contributed by atoms with Crippen LogP contribution >= 0.6 is 0 Å². The molecule has 0 radical (unpaired) electrons. The molecule has 2 aromatic carbocycles. The van der Waals surface area contributed by atoms with Gasteiger partial charge in [0.15, 0.2) is 6.04 Å². The van der Waals surface area contributed by atoms with E-state index in [1.165, 1.54) is 29.8 Å². The Kier molecular flexibility index (Phi) is 5.46. The predicted molar refractivity (Wildman–Crippen MR) is 113 cm³/mol. The smallest absolute Gasteiger partial charge is 0.335 e. The van der Waals surface area contributed by atoms with Crippen molar-refractivity contribution in [1.29, 1.82) is 0 Å². The number of carbonyl (C=O) groups is 3. The van der Waals surface area contributed by atoms with Gasteiger partial charge in [0.2, 0.25) is 0 Å². The molecule has 6 nitrogen and oxygen atoms in total. The zero-order chi connectivity index (χ0) is 22.3. The number of benzene rings is 2. The van der Waals surface area contributed by atoms with Crippen LogP contribution in [0.15, 0.2) is 42.5 Å². The summed E-state index contributed by atoms with van der Waals surface area (Å²) in [5.74, 6) is -2.82. The third kappa shape index (κ3) is 4.08. The first-order chi connectivity index (χ1) is 13.9. The number of hydrogen-bond acceptors (Lipinski definition) is 3. The molecule has 0 bridgehead atoms.